The van der Waals surface area contributed by atoms with Crippen LogP contribution in [0.15, 0.2) is 180 Å². The fourth-order valence-electron chi connectivity index (χ4n) is 6.85. The van der Waals surface area contributed by atoms with Crippen molar-refractivity contribution in [2.24, 2.45) is 0 Å². The highest BCUT2D eigenvalue weighted by molar-refractivity contribution is 6.22. The molecule has 0 fully saturated rings. The van der Waals surface area contributed by atoms with E-state index in [1.165, 1.54) is 33.0 Å². The van der Waals surface area contributed by atoms with Crippen molar-refractivity contribution in [2.75, 3.05) is 4.90 Å². The summed E-state index contributed by atoms with van der Waals surface area (Å²) in [5.74, 6) is 0. The minimum absolute atomic E-state index is 0.893. The lowest BCUT2D eigenvalue weighted by atomic mass is 9.97. The average Bonchev–Trinajstić information content (AvgIpc) is 3.52. The van der Waals surface area contributed by atoms with Crippen LogP contribution in [0.1, 0.15) is 0 Å². The van der Waals surface area contributed by atoms with Crippen LogP contribution in [0.2, 0.25) is 0 Å². The third kappa shape index (κ3) is 4.35. The van der Waals surface area contributed by atoms with Crippen molar-refractivity contribution in [1.82, 2.24) is 0 Å². The van der Waals surface area contributed by atoms with Gasteiger partial charge in [-0.15, -0.1) is 0 Å². The molecule has 0 saturated carbocycles. The molecule has 0 aliphatic rings. The van der Waals surface area contributed by atoms with Gasteiger partial charge in [-0.2, -0.15) is 0 Å². The molecular weight excluding hydrogens is 558 g/mol. The Kier molecular flexibility index (Phi) is 6.17. The van der Waals surface area contributed by atoms with E-state index in [0.717, 1.165) is 49.8 Å². The lowest BCUT2D eigenvalue weighted by molar-refractivity contribution is 0.673. The maximum absolute atomic E-state index is 6.65. The van der Waals surface area contributed by atoms with Crippen molar-refractivity contribution in [3.63, 3.8) is 0 Å². The van der Waals surface area contributed by atoms with Crippen LogP contribution in [-0.2, 0) is 0 Å². The number of benzene rings is 8. The number of fused-ring (bicyclic) bond motifs is 6. The van der Waals surface area contributed by atoms with Crippen LogP contribution >= 0.6 is 0 Å². The Morgan fingerprint density at radius 2 is 1.04 bits per heavy atom. The van der Waals surface area contributed by atoms with Crippen LogP contribution in [0.3, 0.4) is 0 Å². The van der Waals surface area contributed by atoms with Crippen molar-refractivity contribution in [3.8, 4) is 22.3 Å². The largest absolute Gasteiger partial charge is 0.455 e. The van der Waals surface area contributed by atoms with Gasteiger partial charge in [0, 0.05) is 32.9 Å². The topological polar surface area (TPSA) is 16.4 Å². The van der Waals surface area contributed by atoms with Gasteiger partial charge in [-0.3, -0.25) is 0 Å². The molecule has 1 heterocycles. The molecule has 0 aliphatic carbocycles. The summed E-state index contributed by atoms with van der Waals surface area (Å²) in [5, 5.41) is 6.98. The van der Waals surface area contributed by atoms with E-state index >= 15 is 0 Å². The molecule has 2 heteroatoms. The Balaban J connectivity index is 1.27. The van der Waals surface area contributed by atoms with Gasteiger partial charge in [0.2, 0.25) is 0 Å². The molecule has 0 N–H and O–H groups in total. The number of nitrogens with zero attached hydrogens (tertiary/aromatic N) is 1. The molecule has 0 unspecified atom stereocenters. The maximum Gasteiger partial charge on any atom is 0.143 e. The van der Waals surface area contributed by atoms with Crippen molar-refractivity contribution in [2.45, 2.75) is 0 Å². The van der Waals surface area contributed by atoms with E-state index in [2.05, 4.69) is 181 Å². The molecule has 0 radical (unpaired) electrons. The van der Waals surface area contributed by atoms with Crippen molar-refractivity contribution in [1.29, 1.82) is 0 Å². The number of anilines is 3. The highest BCUT2D eigenvalue weighted by atomic mass is 16.3. The Hall–Kier alpha value is -6.12. The first-order chi connectivity index (χ1) is 22.8. The van der Waals surface area contributed by atoms with Gasteiger partial charge < -0.3 is 9.32 Å². The molecule has 216 valence electrons. The lowest BCUT2D eigenvalue weighted by Gasteiger charge is -2.27. The van der Waals surface area contributed by atoms with E-state index in [4.69, 9.17) is 4.42 Å². The average molecular weight is 588 g/mol. The quantitative estimate of drug-likeness (QED) is 0.199. The van der Waals surface area contributed by atoms with Crippen molar-refractivity contribution >= 4 is 60.5 Å². The van der Waals surface area contributed by atoms with Gasteiger partial charge in [-0.25, -0.2) is 0 Å². The second-order valence-corrected chi connectivity index (χ2v) is 11.7. The van der Waals surface area contributed by atoms with Gasteiger partial charge in [0.1, 0.15) is 11.2 Å². The molecular formula is C44H29NO. The second kappa shape index (κ2) is 10.8. The third-order valence-electron chi connectivity index (χ3n) is 9.03. The standard InChI is InChI=1S/C44H29NO/c1-3-13-32(14-4-1)37-20-11-21-42-43(37)40-29-41(38-18-9-10-19-39(38)44(40)46-42)45(35-16-5-2-6-17-35)36-26-24-31(25-27-36)34-23-22-30-12-7-8-15-33(30)28-34/h1-29H. The minimum atomic E-state index is 0.893. The van der Waals surface area contributed by atoms with E-state index in [-0.39, 0.29) is 0 Å². The summed E-state index contributed by atoms with van der Waals surface area (Å²) >= 11 is 0. The molecule has 0 bridgehead atoms. The molecule has 0 atom stereocenters. The summed E-state index contributed by atoms with van der Waals surface area (Å²) in [7, 11) is 0. The van der Waals surface area contributed by atoms with Crippen molar-refractivity contribution < 1.29 is 4.42 Å². The van der Waals surface area contributed by atoms with Crippen LogP contribution < -0.4 is 4.90 Å². The van der Waals surface area contributed by atoms with Gasteiger partial charge in [0.15, 0.2) is 0 Å². The number of hydrogen-bond acceptors (Lipinski definition) is 2. The van der Waals surface area contributed by atoms with Gasteiger partial charge in [0.25, 0.3) is 0 Å². The highest BCUT2D eigenvalue weighted by Crippen LogP contribution is 2.46. The van der Waals surface area contributed by atoms with Crippen molar-refractivity contribution in [3.05, 3.63) is 176 Å². The zero-order valence-electron chi connectivity index (χ0n) is 25.1. The maximum atomic E-state index is 6.65. The summed E-state index contributed by atoms with van der Waals surface area (Å²) in [6.45, 7) is 0. The molecule has 8 aromatic carbocycles. The van der Waals surface area contributed by atoms with E-state index in [9.17, 15) is 0 Å². The first-order valence-corrected chi connectivity index (χ1v) is 15.7. The van der Waals surface area contributed by atoms with Gasteiger partial charge in [0.05, 0.1) is 5.69 Å². The van der Waals surface area contributed by atoms with E-state index in [1.54, 1.807) is 0 Å². The van der Waals surface area contributed by atoms with E-state index < -0.39 is 0 Å². The molecule has 0 amide bonds. The molecule has 0 spiro atoms. The summed E-state index contributed by atoms with van der Waals surface area (Å²) in [4.78, 5) is 2.37. The fraction of sp³-hybridized carbons (Fsp3) is 0. The SMILES string of the molecule is c1ccc(-c2cccc3oc4c5ccccc5c(N(c5ccccc5)c5ccc(-c6ccc7ccccc7c6)cc5)cc4c23)cc1. The predicted molar refractivity (Wildman–Crippen MR) is 194 cm³/mol. The van der Waals surface area contributed by atoms with Crippen LogP contribution in [-0.4, -0.2) is 0 Å². The first-order valence-electron chi connectivity index (χ1n) is 15.7. The first kappa shape index (κ1) is 26.3. The summed E-state index contributed by atoms with van der Waals surface area (Å²) in [5.41, 5.74) is 9.86. The van der Waals surface area contributed by atoms with Gasteiger partial charge in [-0.1, -0.05) is 133 Å². The Bertz CT molecular complexity index is 2510. The minimum Gasteiger partial charge on any atom is -0.455 e. The zero-order valence-corrected chi connectivity index (χ0v) is 25.1. The molecule has 2 nitrogen and oxygen atoms in total. The van der Waals surface area contributed by atoms with Crippen LogP contribution in [0.5, 0.6) is 0 Å². The summed E-state index contributed by atoms with van der Waals surface area (Å²) in [6, 6.07) is 62.6. The molecule has 0 aliphatic heterocycles. The summed E-state index contributed by atoms with van der Waals surface area (Å²) in [6.07, 6.45) is 0. The molecule has 0 saturated heterocycles. The Morgan fingerprint density at radius 1 is 0.391 bits per heavy atom. The van der Waals surface area contributed by atoms with E-state index in [1.807, 2.05) is 0 Å². The lowest BCUT2D eigenvalue weighted by Crippen LogP contribution is -2.10. The van der Waals surface area contributed by atoms with Gasteiger partial charge >= 0.3 is 0 Å². The Morgan fingerprint density at radius 3 is 1.85 bits per heavy atom. The number of para-hydroxylation sites is 1. The van der Waals surface area contributed by atoms with Crippen LogP contribution in [0.4, 0.5) is 17.1 Å². The third-order valence-corrected chi connectivity index (χ3v) is 9.03. The fourth-order valence-corrected chi connectivity index (χ4v) is 6.85. The number of hydrogen-bond donors (Lipinski definition) is 0. The highest BCUT2D eigenvalue weighted by Gasteiger charge is 2.21. The van der Waals surface area contributed by atoms with E-state index in [0.29, 0.717) is 0 Å². The zero-order chi connectivity index (χ0) is 30.5. The second-order valence-electron chi connectivity index (χ2n) is 11.7. The Labute approximate surface area is 267 Å². The van der Waals surface area contributed by atoms with Crippen LogP contribution in [0.25, 0.3) is 65.7 Å². The number of furan rings is 1. The van der Waals surface area contributed by atoms with Gasteiger partial charge in [-0.05, 0) is 75.5 Å². The summed E-state index contributed by atoms with van der Waals surface area (Å²) < 4.78 is 6.65. The smallest absolute Gasteiger partial charge is 0.143 e. The number of rotatable bonds is 5. The molecule has 9 aromatic rings. The normalized spacial score (nSPS) is 11.5. The molecule has 1 aromatic heterocycles. The monoisotopic (exact) mass is 587 g/mol. The van der Waals surface area contributed by atoms with Crippen LogP contribution in [0, 0.1) is 0 Å². The molecule has 46 heavy (non-hydrogen) atoms. The predicted octanol–water partition coefficient (Wildman–Crippen LogP) is 12.7. The molecule has 9 rings (SSSR count).